The van der Waals surface area contributed by atoms with E-state index in [9.17, 15) is 18.0 Å². The van der Waals surface area contributed by atoms with Crippen molar-refractivity contribution in [3.63, 3.8) is 0 Å². The average Bonchev–Trinajstić information content (AvgIpc) is 2.37. The standard InChI is InChI=1S/C11H8F3N3O2/c1-19-10(18)9(16-17-15)6-7-2-4-8(5-3-7)11(12,13)14/h2-6H,1H3/b9-6-. The van der Waals surface area contributed by atoms with E-state index >= 15 is 0 Å². The summed E-state index contributed by atoms with van der Waals surface area (Å²) in [6.45, 7) is 0. The molecule has 0 N–H and O–H groups in total. The van der Waals surface area contributed by atoms with Crippen molar-refractivity contribution in [3.8, 4) is 0 Å². The number of methoxy groups -OCH3 is 1. The first kappa shape index (κ1) is 14.6. The highest BCUT2D eigenvalue weighted by molar-refractivity contribution is 5.93. The van der Waals surface area contributed by atoms with E-state index < -0.39 is 17.7 Å². The first-order valence-electron chi connectivity index (χ1n) is 4.91. The van der Waals surface area contributed by atoms with Crippen molar-refractivity contribution >= 4 is 12.0 Å². The van der Waals surface area contributed by atoms with Gasteiger partial charge in [0, 0.05) is 4.91 Å². The molecule has 100 valence electrons. The maximum absolute atomic E-state index is 12.3. The van der Waals surface area contributed by atoms with Gasteiger partial charge in [-0.2, -0.15) is 13.2 Å². The molecule has 0 fully saturated rings. The minimum absolute atomic E-state index is 0.279. The molecule has 0 unspecified atom stereocenters. The van der Waals surface area contributed by atoms with Gasteiger partial charge in [-0.15, -0.1) is 0 Å². The van der Waals surface area contributed by atoms with Gasteiger partial charge in [0.15, 0.2) is 0 Å². The predicted molar refractivity (Wildman–Crippen MR) is 60.6 cm³/mol. The number of halogens is 3. The summed E-state index contributed by atoms with van der Waals surface area (Å²) in [6.07, 6.45) is -3.30. The monoisotopic (exact) mass is 271 g/mol. The Morgan fingerprint density at radius 1 is 1.37 bits per heavy atom. The number of azide groups is 1. The maximum Gasteiger partial charge on any atom is 0.416 e. The normalized spacial score (nSPS) is 11.7. The van der Waals surface area contributed by atoms with Crippen molar-refractivity contribution in [2.75, 3.05) is 7.11 Å². The van der Waals surface area contributed by atoms with Crippen LogP contribution in [0.1, 0.15) is 11.1 Å². The second-order valence-corrected chi connectivity index (χ2v) is 3.33. The predicted octanol–water partition coefficient (Wildman–Crippen LogP) is 3.53. The van der Waals surface area contributed by atoms with Crippen LogP contribution in [0, 0.1) is 0 Å². The minimum atomic E-state index is -4.43. The molecule has 5 nitrogen and oxygen atoms in total. The molecule has 1 aromatic rings. The zero-order valence-corrected chi connectivity index (χ0v) is 9.68. The summed E-state index contributed by atoms with van der Waals surface area (Å²) in [5, 5.41) is 3.11. The minimum Gasteiger partial charge on any atom is -0.466 e. The Morgan fingerprint density at radius 2 is 1.95 bits per heavy atom. The van der Waals surface area contributed by atoms with E-state index in [4.69, 9.17) is 5.53 Å². The van der Waals surface area contributed by atoms with Crippen LogP contribution in [0.4, 0.5) is 13.2 Å². The van der Waals surface area contributed by atoms with Gasteiger partial charge >= 0.3 is 12.1 Å². The van der Waals surface area contributed by atoms with E-state index in [-0.39, 0.29) is 11.3 Å². The van der Waals surface area contributed by atoms with Crippen molar-refractivity contribution < 1.29 is 22.7 Å². The van der Waals surface area contributed by atoms with E-state index in [0.717, 1.165) is 37.5 Å². The first-order valence-corrected chi connectivity index (χ1v) is 4.91. The van der Waals surface area contributed by atoms with E-state index in [2.05, 4.69) is 14.8 Å². The molecule has 0 aromatic heterocycles. The lowest BCUT2D eigenvalue weighted by molar-refractivity contribution is -0.138. The second-order valence-electron chi connectivity index (χ2n) is 3.33. The zero-order chi connectivity index (χ0) is 14.5. The van der Waals surface area contributed by atoms with Gasteiger partial charge in [-0.3, -0.25) is 0 Å². The van der Waals surface area contributed by atoms with Gasteiger partial charge < -0.3 is 4.74 Å². The zero-order valence-electron chi connectivity index (χ0n) is 9.68. The highest BCUT2D eigenvalue weighted by Gasteiger charge is 2.29. The van der Waals surface area contributed by atoms with Crippen molar-refractivity contribution in [2.24, 2.45) is 5.11 Å². The summed E-state index contributed by atoms with van der Waals surface area (Å²) in [5.41, 5.74) is 7.39. The number of hydrogen-bond donors (Lipinski definition) is 0. The van der Waals surface area contributed by atoms with Crippen LogP contribution in [0.3, 0.4) is 0 Å². The highest BCUT2D eigenvalue weighted by Crippen LogP contribution is 2.29. The van der Waals surface area contributed by atoms with Gasteiger partial charge in [0.05, 0.1) is 12.7 Å². The number of ether oxygens (including phenoxy) is 1. The largest absolute Gasteiger partial charge is 0.466 e. The Balaban J connectivity index is 3.09. The summed E-state index contributed by atoms with van der Waals surface area (Å²) in [5.74, 6) is -0.877. The molecule has 0 spiro atoms. The third-order valence-electron chi connectivity index (χ3n) is 2.09. The first-order chi connectivity index (χ1) is 8.88. The molecule has 0 aliphatic heterocycles. The van der Waals surface area contributed by atoms with E-state index in [1.807, 2.05) is 0 Å². The van der Waals surface area contributed by atoms with Gasteiger partial charge in [-0.05, 0) is 29.3 Å². The van der Waals surface area contributed by atoms with E-state index in [1.54, 1.807) is 0 Å². The molecule has 19 heavy (non-hydrogen) atoms. The fourth-order valence-electron chi connectivity index (χ4n) is 1.21. The molecule has 0 aliphatic rings. The van der Waals surface area contributed by atoms with Gasteiger partial charge in [0.25, 0.3) is 0 Å². The van der Waals surface area contributed by atoms with E-state index in [0.29, 0.717) is 0 Å². The van der Waals surface area contributed by atoms with E-state index in [1.165, 1.54) is 0 Å². The fraction of sp³-hybridized carbons (Fsp3) is 0.182. The molecule has 1 aromatic carbocycles. The lowest BCUT2D eigenvalue weighted by Crippen LogP contribution is -2.04. The van der Waals surface area contributed by atoms with Crippen LogP contribution in [0.5, 0.6) is 0 Å². The number of rotatable bonds is 3. The van der Waals surface area contributed by atoms with Crippen molar-refractivity contribution in [1.29, 1.82) is 0 Å². The smallest absolute Gasteiger partial charge is 0.416 e. The summed E-state index contributed by atoms with van der Waals surface area (Å²) >= 11 is 0. The van der Waals surface area contributed by atoms with Crippen LogP contribution in [-0.4, -0.2) is 13.1 Å². The van der Waals surface area contributed by atoms with Crippen molar-refractivity contribution in [1.82, 2.24) is 0 Å². The Bertz CT molecular complexity index is 543. The van der Waals surface area contributed by atoms with Crippen molar-refractivity contribution in [2.45, 2.75) is 6.18 Å². The average molecular weight is 271 g/mol. The number of carbonyl (C=O) groups is 1. The van der Waals surface area contributed by atoms with Gasteiger partial charge in [-0.25, -0.2) is 4.79 Å². The molecule has 0 heterocycles. The lowest BCUT2D eigenvalue weighted by Gasteiger charge is -2.06. The summed E-state index contributed by atoms with van der Waals surface area (Å²) in [6, 6.07) is 4.02. The summed E-state index contributed by atoms with van der Waals surface area (Å²) < 4.78 is 41.4. The molecule has 0 radical (unpaired) electrons. The number of benzene rings is 1. The van der Waals surface area contributed by atoms with Crippen LogP contribution in [-0.2, 0) is 15.7 Å². The molecule has 0 aliphatic carbocycles. The molecule has 0 bridgehead atoms. The summed E-state index contributed by atoms with van der Waals surface area (Å²) in [7, 11) is 1.09. The molecule has 1 rings (SSSR count). The number of alkyl halides is 3. The molecule has 0 amide bonds. The fourth-order valence-corrected chi connectivity index (χ4v) is 1.21. The quantitative estimate of drug-likeness (QED) is 0.277. The van der Waals surface area contributed by atoms with Crippen LogP contribution in [0.25, 0.3) is 16.5 Å². The Hall–Kier alpha value is -2.47. The molecule has 0 saturated heterocycles. The van der Waals surface area contributed by atoms with Crippen LogP contribution in [0.2, 0.25) is 0 Å². The van der Waals surface area contributed by atoms with Crippen LogP contribution < -0.4 is 0 Å². The summed E-state index contributed by atoms with van der Waals surface area (Å²) in [4.78, 5) is 13.6. The Labute approximate surface area is 105 Å². The SMILES string of the molecule is COC(=O)/C(=C/c1ccc(C(F)(F)F)cc1)N=[N+]=[N-]. The van der Waals surface area contributed by atoms with Crippen LogP contribution >= 0.6 is 0 Å². The highest BCUT2D eigenvalue weighted by atomic mass is 19.4. The molecular weight excluding hydrogens is 263 g/mol. The third-order valence-corrected chi connectivity index (χ3v) is 2.09. The number of hydrogen-bond acceptors (Lipinski definition) is 3. The Morgan fingerprint density at radius 3 is 2.37 bits per heavy atom. The van der Waals surface area contributed by atoms with Gasteiger partial charge in [0.1, 0.15) is 5.70 Å². The number of carbonyl (C=O) groups excluding carboxylic acids is 1. The van der Waals surface area contributed by atoms with Crippen molar-refractivity contribution in [3.05, 3.63) is 51.5 Å². The Kier molecular flexibility index (Phi) is 4.55. The van der Waals surface area contributed by atoms with Gasteiger partial charge in [0.2, 0.25) is 0 Å². The molecule has 8 heteroatoms. The molecule has 0 saturated carbocycles. The maximum atomic E-state index is 12.3. The second kappa shape index (κ2) is 5.92. The number of nitrogens with zero attached hydrogens (tertiary/aromatic N) is 3. The topological polar surface area (TPSA) is 75.1 Å². The molecular formula is C11H8F3N3O2. The van der Waals surface area contributed by atoms with Gasteiger partial charge in [-0.1, -0.05) is 17.2 Å². The third kappa shape index (κ3) is 4.04. The van der Waals surface area contributed by atoms with Crippen LogP contribution in [0.15, 0.2) is 35.1 Å². The lowest BCUT2D eigenvalue weighted by atomic mass is 10.1. The molecule has 0 atom stereocenters. The number of esters is 1.